The van der Waals surface area contributed by atoms with Crippen molar-refractivity contribution in [3.63, 3.8) is 0 Å². The van der Waals surface area contributed by atoms with E-state index in [1.54, 1.807) is 6.07 Å². The maximum Gasteiger partial charge on any atom is 0.221 e. The molecular weight excluding hydrogens is 257 g/mol. The van der Waals surface area contributed by atoms with Crippen LogP contribution in [0.5, 0.6) is 0 Å². The molecule has 1 heterocycles. The zero-order valence-electron chi connectivity index (χ0n) is 12.1. The highest BCUT2D eigenvalue weighted by molar-refractivity contribution is 5.77. The zero-order valence-corrected chi connectivity index (χ0v) is 12.1. The summed E-state index contributed by atoms with van der Waals surface area (Å²) in [7, 11) is 0. The van der Waals surface area contributed by atoms with Crippen molar-refractivity contribution in [1.82, 2.24) is 10.6 Å². The second kappa shape index (κ2) is 6.70. The minimum Gasteiger partial charge on any atom is -0.369 e. The number of nitrogens with one attached hydrogen (secondary N) is 2. The first-order chi connectivity index (χ1) is 9.56. The molecule has 0 saturated carbocycles. The topological polar surface area (TPSA) is 44.4 Å². The second-order valence-corrected chi connectivity index (χ2v) is 5.40. The summed E-state index contributed by atoms with van der Waals surface area (Å²) < 4.78 is 13.5. The molecule has 1 aromatic rings. The molecule has 0 bridgehead atoms. The van der Waals surface area contributed by atoms with Crippen molar-refractivity contribution >= 4 is 11.6 Å². The Morgan fingerprint density at radius 3 is 2.95 bits per heavy atom. The van der Waals surface area contributed by atoms with Crippen LogP contribution < -0.4 is 15.5 Å². The van der Waals surface area contributed by atoms with Crippen molar-refractivity contribution < 1.29 is 9.18 Å². The molecule has 0 atom stereocenters. The molecule has 1 aliphatic rings. The number of benzene rings is 1. The van der Waals surface area contributed by atoms with Crippen LogP contribution in [0.2, 0.25) is 0 Å². The Balaban J connectivity index is 2.18. The van der Waals surface area contributed by atoms with Gasteiger partial charge in [0.05, 0.1) is 0 Å². The van der Waals surface area contributed by atoms with Gasteiger partial charge in [-0.05, 0) is 23.8 Å². The molecule has 0 spiro atoms. The van der Waals surface area contributed by atoms with Gasteiger partial charge in [0.15, 0.2) is 0 Å². The standard InChI is InChI=1S/C15H22FN3O/c1-11(2)18-10-12-9-13(16)3-4-14(12)19-7-5-15(20)17-6-8-19/h3-4,9,11,18H,5-8,10H2,1-2H3,(H,17,20). The van der Waals surface area contributed by atoms with E-state index in [1.807, 2.05) is 6.07 Å². The van der Waals surface area contributed by atoms with Gasteiger partial charge in [0.2, 0.25) is 5.91 Å². The Labute approximate surface area is 119 Å². The summed E-state index contributed by atoms with van der Waals surface area (Å²) in [5.41, 5.74) is 1.95. The average Bonchev–Trinajstić information content (AvgIpc) is 2.61. The van der Waals surface area contributed by atoms with Gasteiger partial charge in [-0.15, -0.1) is 0 Å². The van der Waals surface area contributed by atoms with Gasteiger partial charge in [-0.1, -0.05) is 13.8 Å². The smallest absolute Gasteiger partial charge is 0.221 e. The summed E-state index contributed by atoms with van der Waals surface area (Å²) in [4.78, 5) is 13.6. The number of hydrogen-bond acceptors (Lipinski definition) is 3. The van der Waals surface area contributed by atoms with Crippen molar-refractivity contribution in [2.75, 3.05) is 24.5 Å². The number of rotatable bonds is 4. The summed E-state index contributed by atoms with van der Waals surface area (Å²) in [5, 5.41) is 6.17. The van der Waals surface area contributed by atoms with Crippen LogP contribution in [0.25, 0.3) is 0 Å². The van der Waals surface area contributed by atoms with Crippen LogP contribution in [0.15, 0.2) is 18.2 Å². The zero-order chi connectivity index (χ0) is 14.5. The molecule has 2 N–H and O–H groups in total. The van der Waals surface area contributed by atoms with Gasteiger partial charge in [0.1, 0.15) is 5.82 Å². The van der Waals surface area contributed by atoms with Gasteiger partial charge < -0.3 is 15.5 Å². The van der Waals surface area contributed by atoms with Gasteiger partial charge >= 0.3 is 0 Å². The molecule has 1 saturated heterocycles. The van der Waals surface area contributed by atoms with E-state index >= 15 is 0 Å². The predicted molar refractivity (Wildman–Crippen MR) is 78.2 cm³/mol. The van der Waals surface area contributed by atoms with Crippen molar-refractivity contribution in [2.45, 2.75) is 32.9 Å². The minimum atomic E-state index is -0.224. The maximum absolute atomic E-state index is 13.5. The fourth-order valence-corrected chi connectivity index (χ4v) is 2.33. The Morgan fingerprint density at radius 2 is 2.20 bits per heavy atom. The van der Waals surface area contributed by atoms with E-state index < -0.39 is 0 Å². The first-order valence-electron chi connectivity index (χ1n) is 7.09. The van der Waals surface area contributed by atoms with Gasteiger partial charge in [0, 0.05) is 44.3 Å². The maximum atomic E-state index is 13.5. The molecular formula is C15H22FN3O. The summed E-state index contributed by atoms with van der Waals surface area (Å²) in [6.45, 7) is 6.81. The number of halogens is 1. The molecule has 20 heavy (non-hydrogen) atoms. The molecule has 1 amide bonds. The van der Waals surface area contributed by atoms with E-state index in [4.69, 9.17) is 0 Å². The normalized spacial score (nSPS) is 16.2. The van der Waals surface area contributed by atoms with E-state index in [2.05, 4.69) is 29.4 Å². The fourth-order valence-electron chi connectivity index (χ4n) is 2.33. The molecule has 110 valence electrons. The van der Waals surface area contributed by atoms with E-state index in [9.17, 15) is 9.18 Å². The molecule has 1 fully saturated rings. The largest absolute Gasteiger partial charge is 0.369 e. The molecule has 0 unspecified atom stereocenters. The number of carbonyl (C=O) groups excluding carboxylic acids is 1. The minimum absolute atomic E-state index is 0.0801. The molecule has 5 heteroatoms. The van der Waals surface area contributed by atoms with E-state index in [1.165, 1.54) is 6.07 Å². The van der Waals surface area contributed by atoms with Crippen LogP contribution in [0, 0.1) is 5.82 Å². The highest BCUT2D eigenvalue weighted by atomic mass is 19.1. The lowest BCUT2D eigenvalue weighted by molar-refractivity contribution is -0.120. The highest BCUT2D eigenvalue weighted by Gasteiger charge is 2.16. The van der Waals surface area contributed by atoms with Crippen LogP contribution in [0.4, 0.5) is 10.1 Å². The molecule has 1 aliphatic heterocycles. The van der Waals surface area contributed by atoms with Crippen LogP contribution >= 0.6 is 0 Å². The molecule has 0 aliphatic carbocycles. The van der Waals surface area contributed by atoms with Crippen LogP contribution in [-0.2, 0) is 11.3 Å². The second-order valence-electron chi connectivity index (χ2n) is 5.40. The summed E-state index contributed by atoms with van der Waals surface area (Å²) in [6.07, 6.45) is 0.481. The monoisotopic (exact) mass is 279 g/mol. The molecule has 4 nitrogen and oxygen atoms in total. The Morgan fingerprint density at radius 1 is 1.40 bits per heavy atom. The Kier molecular flexibility index (Phi) is 4.95. The summed E-state index contributed by atoms with van der Waals surface area (Å²) in [6, 6.07) is 5.21. The first-order valence-corrected chi connectivity index (χ1v) is 7.09. The molecule has 0 radical (unpaired) electrons. The van der Waals surface area contributed by atoms with Crippen LogP contribution in [-0.4, -0.2) is 31.6 Å². The van der Waals surface area contributed by atoms with Crippen molar-refractivity contribution in [3.8, 4) is 0 Å². The summed E-state index contributed by atoms with van der Waals surface area (Å²) >= 11 is 0. The van der Waals surface area contributed by atoms with E-state index in [0.29, 0.717) is 32.1 Å². The fraction of sp³-hybridized carbons (Fsp3) is 0.533. The Hall–Kier alpha value is -1.62. The predicted octanol–water partition coefficient (Wildman–Crippen LogP) is 1.65. The van der Waals surface area contributed by atoms with E-state index in [0.717, 1.165) is 17.8 Å². The van der Waals surface area contributed by atoms with Crippen LogP contribution in [0.1, 0.15) is 25.8 Å². The van der Waals surface area contributed by atoms with Crippen molar-refractivity contribution in [2.24, 2.45) is 0 Å². The Bertz CT molecular complexity index is 476. The quantitative estimate of drug-likeness (QED) is 0.881. The number of carbonyl (C=O) groups is 1. The number of anilines is 1. The lowest BCUT2D eigenvalue weighted by Gasteiger charge is -2.25. The van der Waals surface area contributed by atoms with Gasteiger partial charge in [-0.3, -0.25) is 4.79 Å². The van der Waals surface area contributed by atoms with Crippen molar-refractivity contribution in [1.29, 1.82) is 0 Å². The first kappa shape index (κ1) is 14.8. The molecule has 2 rings (SSSR count). The van der Waals surface area contributed by atoms with Gasteiger partial charge in [-0.2, -0.15) is 0 Å². The van der Waals surface area contributed by atoms with Gasteiger partial charge in [-0.25, -0.2) is 4.39 Å². The third kappa shape index (κ3) is 3.93. The average molecular weight is 279 g/mol. The lowest BCUT2D eigenvalue weighted by Crippen LogP contribution is -2.30. The molecule has 0 aromatic heterocycles. The van der Waals surface area contributed by atoms with E-state index in [-0.39, 0.29) is 11.7 Å². The number of nitrogens with zero attached hydrogens (tertiary/aromatic N) is 1. The summed E-state index contributed by atoms with van der Waals surface area (Å²) in [5.74, 6) is -0.144. The van der Waals surface area contributed by atoms with Crippen LogP contribution in [0.3, 0.4) is 0 Å². The van der Waals surface area contributed by atoms with Gasteiger partial charge in [0.25, 0.3) is 0 Å². The lowest BCUT2D eigenvalue weighted by atomic mass is 10.1. The molecule has 1 aromatic carbocycles. The SMILES string of the molecule is CC(C)NCc1cc(F)ccc1N1CCNC(=O)CC1. The number of hydrogen-bond donors (Lipinski definition) is 2. The third-order valence-electron chi connectivity index (χ3n) is 3.40. The van der Waals surface area contributed by atoms with Crippen molar-refractivity contribution in [3.05, 3.63) is 29.6 Å². The highest BCUT2D eigenvalue weighted by Crippen LogP contribution is 2.22. The third-order valence-corrected chi connectivity index (χ3v) is 3.40. The number of amides is 1.